The SMILES string of the molecule is CC(C)(C)OCC(=O)NCc1nc2ccccc2[nH]1. The van der Waals surface area contributed by atoms with Crippen LogP contribution in [0.4, 0.5) is 0 Å². The Hall–Kier alpha value is -1.88. The summed E-state index contributed by atoms with van der Waals surface area (Å²) in [5, 5.41) is 2.77. The van der Waals surface area contributed by atoms with E-state index in [-0.39, 0.29) is 18.1 Å². The first-order chi connectivity index (χ1) is 8.94. The van der Waals surface area contributed by atoms with E-state index >= 15 is 0 Å². The first kappa shape index (κ1) is 13.5. The van der Waals surface area contributed by atoms with E-state index in [1.807, 2.05) is 45.0 Å². The van der Waals surface area contributed by atoms with Crippen molar-refractivity contribution < 1.29 is 9.53 Å². The number of imidazole rings is 1. The molecular formula is C14H19N3O2. The lowest BCUT2D eigenvalue weighted by Gasteiger charge is -2.18. The number of aromatic amines is 1. The summed E-state index contributed by atoms with van der Waals surface area (Å²) in [7, 11) is 0. The van der Waals surface area contributed by atoms with E-state index in [0.29, 0.717) is 6.54 Å². The second kappa shape index (κ2) is 5.40. The minimum atomic E-state index is -0.309. The zero-order valence-corrected chi connectivity index (χ0v) is 11.5. The molecular weight excluding hydrogens is 242 g/mol. The molecule has 2 aromatic rings. The fourth-order valence-electron chi connectivity index (χ4n) is 1.60. The van der Waals surface area contributed by atoms with Gasteiger partial charge in [-0.25, -0.2) is 4.98 Å². The topological polar surface area (TPSA) is 67.0 Å². The molecule has 5 heteroatoms. The van der Waals surface area contributed by atoms with Crippen LogP contribution in [0.15, 0.2) is 24.3 Å². The molecule has 0 unspecified atom stereocenters. The average molecular weight is 261 g/mol. The van der Waals surface area contributed by atoms with Crippen LogP contribution >= 0.6 is 0 Å². The molecule has 0 aliphatic carbocycles. The zero-order chi connectivity index (χ0) is 13.9. The molecule has 0 atom stereocenters. The lowest BCUT2D eigenvalue weighted by Crippen LogP contribution is -2.31. The van der Waals surface area contributed by atoms with Gasteiger partial charge < -0.3 is 15.0 Å². The summed E-state index contributed by atoms with van der Waals surface area (Å²) < 4.78 is 5.40. The maximum atomic E-state index is 11.6. The third-order valence-corrected chi connectivity index (χ3v) is 2.53. The van der Waals surface area contributed by atoms with Gasteiger partial charge in [0.1, 0.15) is 12.4 Å². The fourth-order valence-corrected chi connectivity index (χ4v) is 1.60. The molecule has 2 N–H and O–H groups in total. The molecule has 19 heavy (non-hydrogen) atoms. The van der Waals surface area contributed by atoms with E-state index in [4.69, 9.17) is 4.74 Å². The van der Waals surface area contributed by atoms with Gasteiger partial charge in [0, 0.05) is 0 Å². The first-order valence-corrected chi connectivity index (χ1v) is 6.28. The quantitative estimate of drug-likeness (QED) is 0.884. The van der Waals surface area contributed by atoms with Gasteiger partial charge in [0.25, 0.3) is 0 Å². The maximum absolute atomic E-state index is 11.6. The highest BCUT2D eigenvalue weighted by Crippen LogP contribution is 2.10. The predicted octanol–water partition coefficient (Wildman–Crippen LogP) is 1.99. The number of H-pyrrole nitrogens is 1. The molecule has 2 rings (SSSR count). The normalized spacial score (nSPS) is 11.7. The smallest absolute Gasteiger partial charge is 0.246 e. The Morgan fingerprint density at radius 2 is 2.11 bits per heavy atom. The molecule has 0 saturated carbocycles. The minimum Gasteiger partial charge on any atom is -0.366 e. The number of nitrogens with zero attached hydrogens (tertiary/aromatic N) is 1. The molecule has 0 saturated heterocycles. The molecule has 0 bridgehead atoms. The number of hydrogen-bond donors (Lipinski definition) is 2. The molecule has 1 aromatic carbocycles. The molecule has 0 radical (unpaired) electrons. The Morgan fingerprint density at radius 1 is 1.37 bits per heavy atom. The Balaban J connectivity index is 1.86. The van der Waals surface area contributed by atoms with Crippen LogP contribution in [0.1, 0.15) is 26.6 Å². The second-order valence-electron chi connectivity index (χ2n) is 5.38. The van der Waals surface area contributed by atoms with Crippen molar-refractivity contribution in [2.24, 2.45) is 0 Å². The predicted molar refractivity (Wildman–Crippen MR) is 73.6 cm³/mol. The van der Waals surface area contributed by atoms with Crippen molar-refractivity contribution in [3.05, 3.63) is 30.1 Å². The molecule has 1 amide bonds. The van der Waals surface area contributed by atoms with Gasteiger partial charge in [-0.15, -0.1) is 0 Å². The van der Waals surface area contributed by atoms with E-state index in [1.54, 1.807) is 0 Å². The fraction of sp³-hybridized carbons (Fsp3) is 0.429. The molecule has 102 valence electrons. The molecule has 0 aliphatic heterocycles. The zero-order valence-electron chi connectivity index (χ0n) is 11.5. The number of ether oxygens (including phenoxy) is 1. The van der Waals surface area contributed by atoms with Crippen molar-refractivity contribution in [3.8, 4) is 0 Å². The van der Waals surface area contributed by atoms with Crippen LogP contribution in [-0.4, -0.2) is 28.1 Å². The van der Waals surface area contributed by atoms with E-state index in [2.05, 4.69) is 15.3 Å². The number of carbonyl (C=O) groups excluding carboxylic acids is 1. The van der Waals surface area contributed by atoms with E-state index in [1.165, 1.54) is 0 Å². The van der Waals surface area contributed by atoms with Gasteiger partial charge >= 0.3 is 0 Å². The summed E-state index contributed by atoms with van der Waals surface area (Å²) in [4.78, 5) is 19.1. The van der Waals surface area contributed by atoms with Gasteiger partial charge in [0.05, 0.1) is 23.2 Å². The standard InChI is InChI=1S/C14H19N3O2/c1-14(2,3)19-9-13(18)15-8-12-16-10-6-4-5-7-11(10)17-12/h4-7H,8-9H2,1-3H3,(H,15,18)(H,16,17). The summed E-state index contributed by atoms with van der Waals surface area (Å²) in [5.74, 6) is 0.598. The van der Waals surface area contributed by atoms with Gasteiger partial charge in [0.2, 0.25) is 5.91 Å². The highest BCUT2D eigenvalue weighted by Gasteiger charge is 2.13. The Kier molecular flexibility index (Phi) is 3.85. The third kappa shape index (κ3) is 4.06. The maximum Gasteiger partial charge on any atom is 0.246 e. The third-order valence-electron chi connectivity index (χ3n) is 2.53. The number of nitrogens with one attached hydrogen (secondary N) is 2. The molecule has 5 nitrogen and oxygen atoms in total. The van der Waals surface area contributed by atoms with Crippen molar-refractivity contribution in [2.75, 3.05) is 6.61 Å². The van der Waals surface area contributed by atoms with Crippen LogP contribution in [0.2, 0.25) is 0 Å². The largest absolute Gasteiger partial charge is 0.366 e. The van der Waals surface area contributed by atoms with Crippen molar-refractivity contribution in [1.82, 2.24) is 15.3 Å². The number of fused-ring (bicyclic) bond motifs is 1. The van der Waals surface area contributed by atoms with Crippen LogP contribution in [0.3, 0.4) is 0 Å². The summed E-state index contributed by atoms with van der Waals surface area (Å²) in [6.07, 6.45) is 0. The summed E-state index contributed by atoms with van der Waals surface area (Å²) in [5.41, 5.74) is 1.56. The Labute approximate surface area is 112 Å². The van der Waals surface area contributed by atoms with E-state index in [9.17, 15) is 4.79 Å². The van der Waals surface area contributed by atoms with Gasteiger partial charge in [0.15, 0.2) is 0 Å². The van der Waals surface area contributed by atoms with Gasteiger partial charge in [-0.3, -0.25) is 4.79 Å². The molecule has 1 heterocycles. The number of rotatable bonds is 4. The summed E-state index contributed by atoms with van der Waals surface area (Å²) in [6, 6.07) is 7.76. The van der Waals surface area contributed by atoms with Crippen molar-refractivity contribution in [3.63, 3.8) is 0 Å². The van der Waals surface area contributed by atoms with Crippen LogP contribution in [0, 0.1) is 0 Å². The first-order valence-electron chi connectivity index (χ1n) is 6.28. The molecule has 0 aliphatic rings. The number of benzene rings is 1. The number of aromatic nitrogens is 2. The number of carbonyl (C=O) groups is 1. The van der Waals surface area contributed by atoms with Gasteiger partial charge in [-0.05, 0) is 32.9 Å². The van der Waals surface area contributed by atoms with Crippen LogP contribution in [0.25, 0.3) is 11.0 Å². The van der Waals surface area contributed by atoms with Gasteiger partial charge in [-0.2, -0.15) is 0 Å². The molecule has 1 aromatic heterocycles. The van der Waals surface area contributed by atoms with E-state index in [0.717, 1.165) is 16.9 Å². The lowest BCUT2D eigenvalue weighted by atomic mass is 10.2. The van der Waals surface area contributed by atoms with E-state index < -0.39 is 0 Å². The monoisotopic (exact) mass is 261 g/mol. The lowest BCUT2D eigenvalue weighted by molar-refractivity contribution is -0.130. The average Bonchev–Trinajstić information content (AvgIpc) is 2.75. The van der Waals surface area contributed by atoms with Crippen molar-refractivity contribution in [2.45, 2.75) is 32.9 Å². The van der Waals surface area contributed by atoms with Crippen molar-refractivity contribution >= 4 is 16.9 Å². The summed E-state index contributed by atoms with van der Waals surface area (Å²) in [6.45, 7) is 6.18. The van der Waals surface area contributed by atoms with Crippen molar-refractivity contribution in [1.29, 1.82) is 0 Å². The van der Waals surface area contributed by atoms with Crippen LogP contribution in [-0.2, 0) is 16.1 Å². The highest BCUT2D eigenvalue weighted by atomic mass is 16.5. The molecule has 0 fully saturated rings. The van der Waals surface area contributed by atoms with Crippen LogP contribution < -0.4 is 5.32 Å². The molecule has 0 spiro atoms. The highest BCUT2D eigenvalue weighted by molar-refractivity contribution is 5.77. The second-order valence-corrected chi connectivity index (χ2v) is 5.38. The van der Waals surface area contributed by atoms with Crippen LogP contribution in [0.5, 0.6) is 0 Å². The number of amides is 1. The Bertz CT molecular complexity index is 536. The number of para-hydroxylation sites is 2. The minimum absolute atomic E-state index is 0.0593. The van der Waals surface area contributed by atoms with Gasteiger partial charge in [-0.1, -0.05) is 12.1 Å². The number of hydrogen-bond acceptors (Lipinski definition) is 3. The summed E-state index contributed by atoms with van der Waals surface area (Å²) >= 11 is 0. The Morgan fingerprint density at radius 3 is 2.79 bits per heavy atom.